The fourth-order valence-electron chi connectivity index (χ4n) is 4.01. The van der Waals surface area contributed by atoms with Gasteiger partial charge in [0, 0.05) is 6.04 Å². The minimum atomic E-state index is 0.575. The van der Waals surface area contributed by atoms with Gasteiger partial charge >= 0.3 is 0 Å². The Bertz CT molecular complexity index is 173. The Morgan fingerprint density at radius 3 is 2.36 bits per heavy atom. The Balaban J connectivity index is 1.94. The van der Waals surface area contributed by atoms with E-state index in [1.54, 1.807) is 0 Å². The van der Waals surface area contributed by atoms with Crippen LogP contribution in [0.3, 0.4) is 0 Å². The third-order valence-electron chi connectivity index (χ3n) is 4.31. The lowest BCUT2D eigenvalue weighted by atomic mass is 9.70. The van der Waals surface area contributed by atoms with Crippen molar-refractivity contribution in [3.05, 3.63) is 0 Å². The molecule has 0 aliphatic heterocycles. The van der Waals surface area contributed by atoms with Crippen LogP contribution in [0.4, 0.5) is 0 Å². The Morgan fingerprint density at radius 2 is 1.55 bits per heavy atom. The van der Waals surface area contributed by atoms with Gasteiger partial charge in [0.2, 0.25) is 0 Å². The first-order valence-electron chi connectivity index (χ1n) is 5.08. The highest BCUT2D eigenvalue weighted by atomic mass is 14.7. The first kappa shape index (κ1) is 6.47. The molecule has 0 heterocycles. The maximum absolute atomic E-state index is 6.14. The van der Waals surface area contributed by atoms with Gasteiger partial charge in [-0.1, -0.05) is 0 Å². The molecular formula is C10H17N. The summed E-state index contributed by atoms with van der Waals surface area (Å²) < 4.78 is 0. The SMILES string of the molecule is N[C@H]1C[C@H]2C[C@@H]3C[C@H](C2)[C@H]1C3. The molecular weight excluding hydrogens is 134 g/mol. The molecule has 3 saturated carbocycles. The Morgan fingerprint density at radius 1 is 0.818 bits per heavy atom. The Hall–Kier alpha value is -0.0400. The predicted octanol–water partition coefficient (Wildman–Crippen LogP) is 1.77. The molecule has 0 amide bonds. The zero-order valence-corrected chi connectivity index (χ0v) is 7.00. The zero-order valence-electron chi connectivity index (χ0n) is 7.00. The van der Waals surface area contributed by atoms with Crippen molar-refractivity contribution >= 4 is 0 Å². The van der Waals surface area contributed by atoms with Gasteiger partial charge in [-0.25, -0.2) is 0 Å². The van der Waals surface area contributed by atoms with Crippen LogP contribution in [-0.4, -0.2) is 6.04 Å². The fraction of sp³-hybridized carbons (Fsp3) is 1.00. The van der Waals surface area contributed by atoms with Gasteiger partial charge in [-0.05, 0) is 55.8 Å². The third kappa shape index (κ3) is 0.807. The summed E-state index contributed by atoms with van der Waals surface area (Å²) in [7, 11) is 0. The summed E-state index contributed by atoms with van der Waals surface area (Å²) in [4.78, 5) is 0. The monoisotopic (exact) mass is 151 g/mol. The van der Waals surface area contributed by atoms with Crippen LogP contribution >= 0.6 is 0 Å². The molecule has 5 atom stereocenters. The first-order valence-corrected chi connectivity index (χ1v) is 5.08. The van der Waals surface area contributed by atoms with Crippen LogP contribution < -0.4 is 5.73 Å². The molecule has 3 aliphatic carbocycles. The van der Waals surface area contributed by atoms with E-state index >= 15 is 0 Å². The van der Waals surface area contributed by atoms with Gasteiger partial charge in [0.25, 0.3) is 0 Å². The normalized spacial score (nSPS) is 60.3. The third-order valence-corrected chi connectivity index (χ3v) is 4.31. The molecule has 0 saturated heterocycles. The lowest BCUT2D eigenvalue weighted by molar-refractivity contribution is 0.156. The van der Waals surface area contributed by atoms with Crippen LogP contribution in [0.25, 0.3) is 0 Å². The topological polar surface area (TPSA) is 26.0 Å². The van der Waals surface area contributed by atoms with E-state index in [0.29, 0.717) is 6.04 Å². The van der Waals surface area contributed by atoms with Gasteiger partial charge < -0.3 is 5.73 Å². The number of hydrogen-bond acceptors (Lipinski definition) is 1. The highest BCUT2D eigenvalue weighted by molar-refractivity contribution is 5.00. The summed E-state index contributed by atoms with van der Waals surface area (Å²) in [6.07, 6.45) is 7.38. The fourth-order valence-corrected chi connectivity index (χ4v) is 4.01. The summed E-state index contributed by atoms with van der Waals surface area (Å²) in [5, 5.41) is 0. The van der Waals surface area contributed by atoms with Crippen LogP contribution in [0.1, 0.15) is 32.1 Å². The van der Waals surface area contributed by atoms with Crippen molar-refractivity contribution in [2.24, 2.45) is 29.4 Å². The molecule has 1 heteroatoms. The van der Waals surface area contributed by atoms with E-state index < -0.39 is 0 Å². The standard InChI is InChI=1S/C10H17N/c11-10-5-7-1-6-2-8(3-7)9(10)4-6/h6-10H,1-5,11H2/t6-,7+,8-,9-,10+/m1/s1. The molecule has 0 aromatic heterocycles. The Labute approximate surface area is 68.3 Å². The van der Waals surface area contributed by atoms with Gasteiger partial charge in [-0.2, -0.15) is 0 Å². The molecule has 3 fully saturated rings. The van der Waals surface area contributed by atoms with Gasteiger partial charge in [-0.3, -0.25) is 0 Å². The molecule has 2 N–H and O–H groups in total. The largest absolute Gasteiger partial charge is 0.327 e. The molecule has 3 rings (SSSR count). The lowest BCUT2D eigenvalue weighted by Gasteiger charge is -2.37. The molecule has 3 aliphatic rings. The van der Waals surface area contributed by atoms with Crippen molar-refractivity contribution in [3.63, 3.8) is 0 Å². The molecule has 0 aromatic carbocycles. The molecule has 0 unspecified atom stereocenters. The van der Waals surface area contributed by atoms with Crippen LogP contribution in [0, 0.1) is 23.7 Å². The highest BCUT2D eigenvalue weighted by Crippen LogP contribution is 2.54. The zero-order chi connectivity index (χ0) is 7.42. The van der Waals surface area contributed by atoms with E-state index in [4.69, 9.17) is 5.73 Å². The second-order valence-electron chi connectivity index (χ2n) is 5.00. The quantitative estimate of drug-likeness (QED) is 0.561. The van der Waals surface area contributed by atoms with Crippen LogP contribution in [-0.2, 0) is 0 Å². The van der Waals surface area contributed by atoms with Crippen molar-refractivity contribution in [2.75, 3.05) is 0 Å². The van der Waals surface area contributed by atoms with Crippen molar-refractivity contribution in [1.82, 2.24) is 0 Å². The molecule has 1 nitrogen and oxygen atoms in total. The smallest absolute Gasteiger partial charge is 0.00725 e. The number of fused-ring (bicyclic) bond motifs is 2. The molecule has 0 radical (unpaired) electrons. The summed E-state index contributed by atoms with van der Waals surface area (Å²) in [5.41, 5.74) is 6.14. The number of hydrogen-bond donors (Lipinski definition) is 1. The minimum absolute atomic E-state index is 0.575. The van der Waals surface area contributed by atoms with E-state index in [9.17, 15) is 0 Å². The van der Waals surface area contributed by atoms with E-state index in [-0.39, 0.29) is 0 Å². The summed E-state index contributed by atoms with van der Waals surface area (Å²) in [6, 6.07) is 0.575. The number of rotatable bonds is 0. The second-order valence-corrected chi connectivity index (χ2v) is 5.00. The van der Waals surface area contributed by atoms with Crippen molar-refractivity contribution in [3.8, 4) is 0 Å². The van der Waals surface area contributed by atoms with Crippen LogP contribution in [0.15, 0.2) is 0 Å². The van der Waals surface area contributed by atoms with Gasteiger partial charge in [-0.15, -0.1) is 0 Å². The van der Waals surface area contributed by atoms with E-state index in [1.807, 2.05) is 0 Å². The lowest BCUT2D eigenvalue weighted by Crippen LogP contribution is -2.39. The second kappa shape index (κ2) is 2.01. The maximum Gasteiger partial charge on any atom is 0.00725 e. The van der Waals surface area contributed by atoms with E-state index in [0.717, 1.165) is 23.7 Å². The van der Waals surface area contributed by atoms with Crippen molar-refractivity contribution < 1.29 is 0 Å². The first-order chi connectivity index (χ1) is 5.33. The maximum atomic E-state index is 6.14. The van der Waals surface area contributed by atoms with Crippen LogP contribution in [0.5, 0.6) is 0 Å². The number of nitrogens with two attached hydrogens (primary N) is 1. The molecule has 0 aromatic rings. The molecule has 0 spiro atoms. The highest BCUT2D eigenvalue weighted by Gasteiger charge is 2.47. The van der Waals surface area contributed by atoms with Gasteiger partial charge in [0.15, 0.2) is 0 Å². The van der Waals surface area contributed by atoms with Crippen molar-refractivity contribution in [2.45, 2.75) is 38.1 Å². The van der Waals surface area contributed by atoms with Crippen molar-refractivity contribution in [1.29, 1.82) is 0 Å². The summed E-state index contributed by atoms with van der Waals surface area (Å²) in [6.45, 7) is 0. The summed E-state index contributed by atoms with van der Waals surface area (Å²) >= 11 is 0. The van der Waals surface area contributed by atoms with Gasteiger partial charge in [0.1, 0.15) is 0 Å². The molecule has 3 bridgehead atoms. The minimum Gasteiger partial charge on any atom is -0.327 e. The molecule has 62 valence electrons. The van der Waals surface area contributed by atoms with E-state index in [2.05, 4.69) is 0 Å². The average Bonchev–Trinajstić information content (AvgIpc) is 2.19. The van der Waals surface area contributed by atoms with Crippen LogP contribution in [0.2, 0.25) is 0 Å². The van der Waals surface area contributed by atoms with E-state index in [1.165, 1.54) is 32.1 Å². The van der Waals surface area contributed by atoms with Gasteiger partial charge in [0.05, 0.1) is 0 Å². The average molecular weight is 151 g/mol. The summed E-state index contributed by atoms with van der Waals surface area (Å²) in [5.74, 6) is 4.08. The molecule has 11 heavy (non-hydrogen) atoms. The Kier molecular flexibility index (Phi) is 1.18. The predicted molar refractivity (Wildman–Crippen MR) is 45.0 cm³/mol.